The van der Waals surface area contributed by atoms with E-state index in [9.17, 15) is 4.79 Å². The Bertz CT molecular complexity index is 971. The van der Waals surface area contributed by atoms with Gasteiger partial charge in [-0.15, -0.1) is 11.8 Å². The first-order valence-corrected chi connectivity index (χ1v) is 12.1. The Labute approximate surface area is 189 Å². The first-order chi connectivity index (χ1) is 14.8. The zero-order valence-corrected chi connectivity index (χ0v) is 19.6. The Morgan fingerprint density at radius 2 is 1.84 bits per heavy atom. The third-order valence-corrected chi connectivity index (χ3v) is 6.93. The number of piperidine rings is 1. The minimum Gasteiger partial charge on any atom is -0.388 e. The summed E-state index contributed by atoms with van der Waals surface area (Å²) in [5.74, 6) is 0. The number of likely N-dealkylation sites (tertiary alicyclic amines) is 1. The molecule has 2 aromatic carbocycles. The summed E-state index contributed by atoms with van der Waals surface area (Å²) in [7, 11) is 0. The third kappa shape index (κ3) is 4.90. The van der Waals surface area contributed by atoms with Gasteiger partial charge in [0, 0.05) is 42.9 Å². The molecule has 4 rings (SSSR count). The van der Waals surface area contributed by atoms with Crippen LogP contribution in [0, 0.1) is 0 Å². The quantitative estimate of drug-likeness (QED) is 0.609. The smallest absolute Gasteiger partial charge is 0.321 e. The van der Waals surface area contributed by atoms with E-state index >= 15 is 0 Å². The highest BCUT2D eigenvalue weighted by atomic mass is 32.2. The van der Waals surface area contributed by atoms with Gasteiger partial charge >= 0.3 is 6.03 Å². The number of hydrogen-bond donors (Lipinski definition) is 1. The fourth-order valence-electron chi connectivity index (χ4n) is 4.13. The van der Waals surface area contributed by atoms with Gasteiger partial charge in [-0.25, -0.2) is 4.79 Å². The molecule has 0 unspecified atom stereocenters. The number of benzene rings is 2. The maximum atomic E-state index is 12.7. The second-order valence-corrected chi connectivity index (χ2v) is 10.3. The molecule has 0 radical (unpaired) electrons. The number of carbonyl (C=O) groups excluding carboxylic acids is 1. The summed E-state index contributed by atoms with van der Waals surface area (Å²) in [6.07, 6.45) is 4.41. The zero-order valence-electron chi connectivity index (χ0n) is 18.8. The van der Waals surface area contributed by atoms with Gasteiger partial charge < -0.3 is 15.1 Å². The van der Waals surface area contributed by atoms with E-state index in [4.69, 9.17) is 4.84 Å². The van der Waals surface area contributed by atoms with Crippen molar-refractivity contribution in [2.45, 2.75) is 55.9 Å². The van der Waals surface area contributed by atoms with Crippen molar-refractivity contribution in [3.05, 3.63) is 59.7 Å². The maximum absolute atomic E-state index is 12.7. The van der Waals surface area contributed by atoms with Gasteiger partial charge in [0.15, 0.2) is 0 Å². The molecule has 2 aliphatic heterocycles. The summed E-state index contributed by atoms with van der Waals surface area (Å²) >= 11 is 1.66. The molecule has 0 aliphatic carbocycles. The lowest BCUT2D eigenvalue weighted by Gasteiger charge is -2.37. The molecule has 1 saturated heterocycles. The number of oxime groups is 1. The Hall–Kier alpha value is -2.47. The second kappa shape index (κ2) is 8.58. The first-order valence-electron chi connectivity index (χ1n) is 10.8. The molecule has 31 heavy (non-hydrogen) atoms. The highest BCUT2D eigenvalue weighted by molar-refractivity contribution is 7.98. The predicted molar refractivity (Wildman–Crippen MR) is 128 cm³/mol. The van der Waals surface area contributed by atoms with Gasteiger partial charge in [-0.1, -0.05) is 56.3 Å². The minimum atomic E-state index is -0.284. The van der Waals surface area contributed by atoms with E-state index in [0.29, 0.717) is 13.1 Å². The summed E-state index contributed by atoms with van der Waals surface area (Å²) in [5.41, 5.74) is 4.13. The molecule has 0 atom stereocenters. The number of nitrogens with zero attached hydrogens (tertiary/aromatic N) is 2. The van der Waals surface area contributed by atoms with Crippen molar-refractivity contribution < 1.29 is 9.63 Å². The van der Waals surface area contributed by atoms with Crippen molar-refractivity contribution in [1.82, 2.24) is 4.90 Å². The molecule has 0 bridgehead atoms. The molecule has 5 nitrogen and oxygen atoms in total. The van der Waals surface area contributed by atoms with Crippen LogP contribution in [0.25, 0.3) is 0 Å². The summed E-state index contributed by atoms with van der Waals surface area (Å²) in [4.78, 5) is 21.7. The first kappa shape index (κ1) is 21.8. The number of anilines is 1. The van der Waals surface area contributed by atoms with Crippen LogP contribution >= 0.6 is 11.8 Å². The van der Waals surface area contributed by atoms with Crippen molar-refractivity contribution in [2.24, 2.45) is 5.16 Å². The molecule has 2 aliphatic rings. The molecule has 1 spiro atoms. The number of urea groups is 1. The van der Waals surface area contributed by atoms with E-state index in [1.165, 1.54) is 5.56 Å². The fourth-order valence-corrected chi connectivity index (χ4v) is 4.59. The molecule has 2 amide bonds. The van der Waals surface area contributed by atoms with Gasteiger partial charge in [-0.3, -0.25) is 0 Å². The molecule has 0 saturated carbocycles. The van der Waals surface area contributed by atoms with E-state index in [2.05, 4.69) is 55.5 Å². The van der Waals surface area contributed by atoms with Crippen molar-refractivity contribution in [3.8, 4) is 0 Å². The van der Waals surface area contributed by atoms with E-state index < -0.39 is 0 Å². The van der Waals surface area contributed by atoms with Crippen LogP contribution < -0.4 is 5.32 Å². The van der Waals surface area contributed by atoms with Crippen LogP contribution in [0.2, 0.25) is 0 Å². The summed E-state index contributed by atoms with van der Waals surface area (Å²) in [6.45, 7) is 7.99. The Morgan fingerprint density at radius 3 is 2.48 bits per heavy atom. The number of rotatable bonds is 3. The standard InChI is InChI=1S/C25H31N3O2S/c1-24(2,3)19-10-8-18(9-11-19)22-17-25(30-27-22)12-14-28(15-13-25)23(29)26-20-6-5-7-21(16-20)31-4/h5-11,16H,12-15,17H2,1-4H3,(H,26,29). The molecular weight excluding hydrogens is 406 g/mol. The van der Waals surface area contributed by atoms with Crippen molar-refractivity contribution in [1.29, 1.82) is 0 Å². The Kier molecular flexibility index (Phi) is 6.02. The zero-order chi connectivity index (χ0) is 22.1. The summed E-state index contributed by atoms with van der Waals surface area (Å²) < 4.78 is 0. The van der Waals surface area contributed by atoms with Crippen LogP contribution in [0.5, 0.6) is 0 Å². The average molecular weight is 438 g/mol. The monoisotopic (exact) mass is 437 g/mol. The Balaban J connectivity index is 1.33. The number of hydrogen-bond acceptors (Lipinski definition) is 4. The lowest BCUT2D eigenvalue weighted by molar-refractivity contribution is -0.0544. The molecule has 0 aromatic heterocycles. The van der Waals surface area contributed by atoms with E-state index in [1.54, 1.807) is 11.8 Å². The van der Waals surface area contributed by atoms with E-state index in [-0.39, 0.29) is 17.0 Å². The topological polar surface area (TPSA) is 53.9 Å². The van der Waals surface area contributed by atoms with Gasteiger partial charge in [0.1, 0.15) is 5.60 Å². The molecule has 1 N–H and O–H groups in total. The van der Waals surface area contributed by atoms with Crippen LogP contribution in [0.4, 0.5) is 10.5 Å². The molecule has 2 aromatic rings. The fraction of sp³-hybridized carbons (Fsp3) is 0.440. The van der Waals surface area contributed by atoms with E-state index in [0.717, 1.165) is 41.1 Å². The van der Waals surface area contributed by atoms with Gasteiger partial charge in [0.25, 0.3) is 0 Å². The van der Waals surface area contributed by atoms with Gasteiger partial charge in [-0.2, -0.15) is 0 Å². The number of amides is 2. The molecular formula is C25H31N3O2S. The second-order valence-electron chi connectivity index (χ2n) is 9.47. The van der Waals surface area contributed by atoms with Crippen molar-refractivity contribution >= 4 is 29.2 Å². The highest BCUT2D eigenvalue weighted by Crippen LogP contribution is 2.36. The summed E-state index contributed by atoms with van der Waals surface area (Å²) in [5, 5.41) is 7.45. The van der Waals surface area contributed by atoms with Crippen molar-refractivity contribution in [2.75, 3.05) is 24.7 Å². The van der Waals surface area contributed by atoms with Gasteiger partial charge in [0.05, 0.1) is 5.71 Å². The maximum Gasteiger partial charge on any atom is 0.321 e. The van der Waals surface area contributed by atoms with E-state index in [1.807, 2.05) is 35.4 Å². The van der Waals surface area contributed by atoms with Crippen LogP contribution in [-0.4, -0.2) is 41.6 Å². The Morgan fingerprint density at radius 1 is 1.13 bits per heavy atom. The number of carbonyl (C=O) groups is 1. The molecule has 6 heteroatoms. The van der Waals surface area contributed by atoms with Gasteiger partial charge in [-0.05, 0) is 41.0 Å². The van der Waals surface area contributed by atoms with Crippen molar-refractivity contribution in [3.63, 3.8) is 0 Å². The lowest BCUT2D eigenvalue weighted by atomic mass is 9.84. The predicted octanol–water partition coefficient (Wildman–Crippen LogP) is 5.90. The third-order valence-electron chi connectivity index (χ3n) is 6.21. The summed E-state index contributed by atoms with van der Waals surface area (Å²) in [6, 6.07) is 16.5. The van der Waals surface area contributed by atoms with Crippen LogP contribution in [0.3, 0.4) is 0 Å². The highest BCUT2D eigenvalue weighted by Gasteiger charge is 2.43. The van der Waals surface area contributed by atoms with Crippen LogP contribution in [-0.2, 0) is 10.3 Å². The minimum absolute atomic E-state index is 0.0509. The number of nitrogens with one attached hydrogen (secondary N) is 1. The average Bonchev–Trinajstić information content (AvgIpc) is 3.17. The molecule has 1 fully saturated rings. The largest absolute Gasteiger partial charge is 0.388 e. The van der Waals surface area contributed by atoms with Gasteiger partial charge in [0.2, 0.25) is 0 Å². The normalized spacial score (nSPS) is 17.9. The molecule has 2 heterocycles. The molecule has 164 valence electrons. The van der Waals surface area contributed by atoms with Crippen LogP contribution in [0.1, 0.15) is 51.2 Å². The van der Waals surface area contributed by atoms with Crippen LogP contribution in [0.15, 0.2) is 58.6 Å². The lowest BCUT2D eigenvalue weighted by Crippen LogP contribution is -2.48. The number of thioether (sulfide) groups is 1. The SMILES string of the molecule is CSc1cccc(NC(=O)N2CCC3(CC2)CC(c2ccc(C(C)(C)C)cc2)=NO3)c1.